The number of amides is 1. The van der Waals surface area contributed by atoms with Crippen molar-refractivity contribution in [1.82, 2.24) is 15.1 Å². The van der Waals surface area contributed by atoms with E-state index in [1.165, 1.54) is 5.56 Å². The summed E-state index contributed by atoms with van der Waals surface area (Å²) < 4.78 is 6.01. The lowest BCUT2D eigenvalue weighted by Crippen LogP contribution is -2.37. The largest absolute Gasteiger partial charge is 0.489 e. The van der Waals surface area contributed by atoms with E-state index in [9.17, 15) is 4.79 Å². The van der Waals surface area contributed by atoms with Crippen LogP contribution in [-0.2, 0) is 6.61 Å². The van der Waals surface area contributed by atoms with Gasteiger partial charge in [0.1, 0.15) is 18.1 Å². The van der Waals surface area contributed by atoms with Crippen LogP contribution in [0.4, 0.5) is 0 Å². The van der Waals surface area contributed by atoms with Gasteiger partial charge in [-0.2, -0.15) is 5.10 Å². The van der Waals surface area contributed by atoms with Crippen molar-refractivity contribution < 1.29 is 9.53 Å². The molecule has 2 heterocycles. The lowest BCUT2D eigenvalue weighted by molar-refractivity contribution is 0.0660. The van der Waals surface area contributed by atoms with Crippen LogP contribution in [0.5, 0.6) is 5.75 Å². The summed E-state index contributed by atoms with van der Waals surface area (Å²) in [7, 11) is 0. The van der Waals surface area contributed by atoms with Crippen LogP contribution in [0.2, 0.25) is 5.02 Å². The number of nitrogens with zero attached hydrogens (tertiary/aromatic N) is 2. The van der Waals surface area contributed by atoms with Gasteiger partial charge >= 0.3 is 0 Å². The van der Waals surface area contributed by atoms with Crippen molar-refractivity contribution >= 4 is 17.5 Å². The number of fused-ring (bicyclic) bond motifs is 1. The molecule has 1 atom stereocenters. The topological polar surface area (TPSA) is 58.2 Å². The van der Waals surface area contributed by atoms with E-state index in [4.69, 9.17) is 16.3 Å². The Balaban J connectivity index is 1.33. The van der Waals surface area contributed by atoms with Gasteiger partial charge in [-0.05, 0) is 55.2 Å². The zero-order valence-electron chi connectivity index (χ0n) is 20.2. The summed E-state index contributed by atoms with van der Waals surface area (Å²) in [4.78, 5) is 15.7. The summed E-state index contributed by atoms with van der Waals surface area (Å²) in [5, 5.41) is 8.40. The van der Waals surface area contributed by atoms with Crippen LogP contribution < -0.4 is 4.74 Å². The molecule has 6 heteroatoms. The molecule has 6 rings (SSSR count). The Bertz CT molecular complexity index is 1370. The molecule has 5 nitrogen and oxygen atoms in total. The Kier molecular flexibility index (Phi) is 6.02. The van der Waals surface area contributed by atoms with E-state index in [-0.39, 0.29) is 18.0 Å². The van der Waals surface area contributed by atoms with Crippen LogP contribution in [0.3, 0.4) is 0 Å². The summed E-state index contributed by atoms with van der Waals surface area (Å²) in [5.41, 5.74) is 6.79. The highest BCUT2D eigenvalue weighted by Crippen LogP contribution is 2.46. The van der Waals surface area contributed by atoms with Gasteiger partial charge in [0.05, 0.1) is 11.7 Å². The second-order valence-corrected chi connectivity index (χ2v) is 10.2. The Morgan fingerprint density at radius 2 is 1.67 bits per heavy atom. The van der Waals surface area contributed by atoms with Crippen molar-refractivity contribution in [1.29, 1.82) is 0 Å². The molecular formula is C30H28ClN3O2. The second kappa shape index (κ2) is 9.47. The van der Waals surface area contributed by atoms with Crippen LogP contribution in [0.1, 0.15) is 64.5 Å². The molecule has 2 aliphatic rings. The van der Waals surface area contributed by atoms with Crippen LogP contribution in [-0.4, -0.2) is 27.0 Å². The molecule has 3 aromatic carbocycles. The molecule has 1 aliphatic heterocycles. The van der Waals surface area contributed by atoms with E-state index in [1.54, 1.807) is 0 Å². The normalized spacial score (nSPS) is 17.6. The number of benzene rings is 3. The monoisotopic (exact) mass is 497 g/mol. The lowest BCUT2D eigenvalue weighted by Gasteiger charge is -2.32. The molecule has 0 radical (unpaired) electrons. The van der Waals surface area contributed by atoms with Crippen LogP contribution >= 0.6 is 11.6 Å². The van der Waals surface area contributed by atoms with Gasteiger partial charge in [0.2, 0.25) is 0 Å². The number of hydrogen-bond donors (Lipinski definition) is 1. The molecule has 1 N–H and O–H groups in total. The summed E-state index contributed by atoms with van der Waals surface area (Å²) in [6.45, 7) is 2.54. The Morgan fingerprint density at radius 3 is 2.36 bits per heavy atom. The first-order valence-corrected chi connectivity index (χ1v) is 12.9. The Hall–Kier alpha value is -3.57. The van der Waals surface area contributed by atoms with E-state index in [0.29, 0.717) is 17.3 Å². The third-order valence-electron chi connectivity index (χ3n) is 7.36. The quantitative estimate of drug-likeness (QED) is 0.309. The number of carbonyl (C=O) groups excluding carboxylic acids is 1. The maximum absolute atomic E-state index is 13.6. The fourth-order valence-electron chi connectivity index (χ4n) is 5.48. The molecule has 1 fully saturated rings. The van der Waals surface area contributed by atoms with Crippen molar-refractivity contribution in [2.45, 2.75) is 51.3 Å². The third kappa shape index (κ3) is 4.18. The van der Waals surface area contributed by atoms with E-state index in [0.717, 1.165) is 59.4 Å². The maximum atomic E-state index is 13.6. The predicted octanol–water partition coefficient (Wildman–Crippen LogP) is 7.11. The number of aromatic nitrogens is 2. The number of ether oxygens (including phenoxy) is 1. The molecule has 0 spiro atoms. The standard InChI is InChI=1S/C30H28ClN3O2/c1-19-6-10-21(11-7-19)27-26-28(33-32-27)30(35)34(24-4-2-3-5-24)29(26)22-12-16-25(17-13-22)36-18-20-8-14-23(31)15-9-20/h6-17,24,29H,2-5,18H2,1H3,(H,32,33). The lowest BCUT2D eigenvalue weighted by atomic mass is 9.95. The average Bonchev–Trinajstić information content (AvgIpc) is 3.63. The summed E-state index contributed by atoms with van der Waals surface area (Å²) in [6, 6.07) is 24.2. The molecule has 1 aliphatic carbocycles. The van der Waals surface area contributed by atoms with Gasteiger partial charge in [-0.15, -0.1) is 0 Å². The first-order valence-electron chi connectivity index (χ1n) is 12.5. The minimum Gasteiger partial charge on any atom is -0.489 e. The van der Waals surface area contributed by atoms with Gasteiger partial charge in [0.15, 0.2) is 0 Å². The third-order valence-corrected chi connectivity index (χ3v) is 7.61. The molecule has 1 aromatic heterocycles. The highest BCUT2D eigenvalue weighted by molar-refractivity contribution is 6.30. The smallest absolute Gasteiger partial charge is 0.273 e. The van der Waals surface area contributed by atoms with Gasteiger partial charge in [-0.3, -0.25) is 9.89 Å². The fourth-order valence-corrected chi connectivity index (χ4v) is 5.60. The first-order chi connectivity index (χ1) is 17.6. The number of aromatic amines is 1. The van der Waals surface area contributed by atoms with E-state index in [2.05, 4.69) is 58.4 Å². The molecule has 1 unspecified atom stereocenters. The molecule has 1 saturated carbocycles. The highest BCUT2D eigenvalue weighted by atomic mass is 35.5. The van der Waals surface area contributed by atoms with Gasteiger partial charge in [-0.25, -0.2) is 0 Å². The minimum atomic E-state index is -0.170. The van der Waals surface area contributed by atoms with Crippen molar-refractivity contribution in [3.8, 4) is 17.0 Å². The molecule has 36 heavy (non-hydrogen) atoms. The predicted molar refractivity (Wildman–Crippen MR) is 141 cm³/mol. The minimum absolute atomic E-state index is 0.0517. The maximum Gasteiger partial charge on any atom is 0.273 e. The summed E-state index contributed by atoms with van der Waals surface area (Å²) >= 11 is 5.99. The Morgan fingerprint density at radius 1 is 0.972 bits per heavy atom. The number of carbonyl (C=O) groups is 1. The first kappa shape index (κ1) is 22.9. The SMILES string of the molecule is Cc1ccc(-c2n[nH]c3c2C(c2ccc(OCc4ccc(Cl)cc4)cc2)N(C2CCCC2)C3=O)cc1. The second-order valence-electron chi connectivity index (χ2n) is 9.76. The zero-order valence-corrected chi connectivity index (χ0v) is 21.0. The Labute approximate surface area is 216 Å². The summed E-state index contributed by atoms with van der Waals surface area (Å²) in [6.07, 6.45) is 4.41. The van der Waals surface area contributed by atoms with Gasteiger partial charge in [-0.1, -0.05) is 78.5 Å². The molecular weight excluding hydrogens is 470 g/mol. The van der Waals surface area contributed by atoms with E-state index >= 15 is 0 Å². The number of H-pyrrole nitrogens is 1. The van der Waals surface area contributed by atoms with Crippen molar-refractivity contribution in [2.24, 2.45) is 0 Å². The number of hydrogen-bond acceptors (Lipinski definition) is 3. The van der Waals surface area contributed by atoms with Crippen LogP contribution in [0, 0.1) is 6.92 Å². The van der Waals surface area contributed by atoms with Gasteiger partial charge in [0.25, 0.3) is 5.91 Å². The summed E-state index contributed by atoms with van der Waals surface area (Å²) in [5.74, 6) is 0.840. The zero-order chi connectivity index (χ0) is 24.6. The van der Waals surface area contributed by atoms with Crippen LogP contribution in [0.15, 0.2) is 72.8 Å². The van der Waals surface area contributed by atoms with E-state index in [1.807, 2.05) is 36.4 Å². The van der Waals surface area contributed by atoms with Crippen molar-refractivity contribution in [3.05, 3.63) is 106 Å². The number of aryl methyl sites for hydroxylation is 1. The molecule has 182 valence electrons. The van der Waals surface area contributed by atoms with Crippen molar-refractivity contribution in [3.63, 3.8) is 0 Å². The average molecular weight is 498 g/mol. The molecule has 4 aromatic rings. The van der Waals surface area contributed by atoms with Crippen molar-refractivity contribution in [2.75, 3.05) is 0 Å². The van der Waals surface area contributed by atoms with Crippen LogP contribution in [0.25, 0.3) is 11.3 Å². The fraction of sp³-hybridized carbons (Fsp3) is 0.267. The molecule has 0 bridgehead atoms. The number of rotatable bonds is 6. The number of nitrogens with one attached hydrogen (secondary N) is 1. The van der Waals surface area contributed by atoms with E-state index < -0.39 is 0 Å². The highest BCUT2D eigenvalue weighted by Gasteiger charge is 2.45. The van der Waals surface area contributed by atoms with Gasteiger partial charge in [0, 0.05) is 22.2 Å². The molecule has 1 amide bonds. The molecule has 0 saturated heterocycles. The van der Waals surface area contributed by atoms with Gasteiger partial charge < -0.3 is 9.64 Å². The number of halogens is 1.